The maximum Gasteiger partial charge on any atom is 0.0340 e. The van der Waals surface area contributed by atoms with Gasteiger partial charge in [0.1, 0.15) is 0 Å². The second-order valence-electron chi connectivity index (χ2n) is 3.50. The molecule has 2 heteroatoms. The number of hydrogen-bond donors (Lipinski definition) is 0. The molecule has 0 atom stereocenters. The third-order valence-corrected chi connectivity index (χ3v) is 2.17. The van der Waals surface area contributed by atoms with Crippen molar-refractivity contribution in [3.8, 4) is 0 Å². The standard InChI is InChI=1S/C8H9N.C7H9N.6C2H6/c1-2-4-8-5-3-6-9-7-8;1-2-7-4-3-5-8-6-7;6*1-2/h2-7H,1H3;3-6H,2H2,1H3;6*1-2H3/b4-2+;;;;;;;. The molecular formula is C27H54N2. The van der Waals surface area contributed by atoms with Crippen molar-refractivity contribution in [2.24, 2.45) is 0 Å². The fourth-order valence-electron chi connectivity index (χ4n) is 1.27. The minimum atomic E-state index is 1.08. The minimum Gasteiger partial charge on any atom is -0.264 e. The summed E-state index contributed by atoms with van der Waals surface area (Å²) >= 11 is 0. The molecule has 2 nitrogen and oxygen atoms in total. The number of hydrogen-bond acceptors (Lipinski definition) is 2. The van der Waals surface area contributed by atoms with E-state index in [1.807, 2.05) is 133 Å². The van der Waals surface area contributed by atoms with E-state index in [9.17, 15) is 0 Å². The van der Waals surface area contributed by atoms with Gasteiger partial charge in [-0.3, -0.25) is 9.97 Å². The fraction of sp³-hybridized carbons (Fsp3) is 0.556. The predicted octanol–water partition coefficient (Wildman–Crippen LogP) is 9.92. The number of allylic oxidation sites excluding steroid dienone is 1. The van der Waals surface area contributed by atoms with Gasteiger partial charge in [-0.1, -0.05) is 114 Å². The van der Waals surface area contributed by atoms with Gasteiger partial charge < -0.3 is 0 Å². The molecule has 29 heavy (non-hydrogen) atoms. The van der Waals surface area contributed by atoms with Crippen LogP contribution in [0.5, 0.6) is 0 Å². The van der Waals surface area contributed by atoms with Gasteiger partial charge in [-0.15, -0.1) is 0 Å². The Hall–Kier alpha value is -1.96. The molecule has 0 aliphatic carbocycles. The first-order chi connectivity index (χ1) is 14.4. The summed E-state index contributed by atoms with van der Waals surface area (Å²) in [5, 5.41) is 0. The van der Waals surface area contributed by atoms with E-state index in [1.54, 1.807) is 12.4 Å². The Morgan fingerprint density at radius 2 is 1.07 bits per heavy atom. The van der Waals surface area contributed by atoms with Gasteiger partial charge in [0.05, 0.1) is 0 Å². The lowest BCUT2D eigenvalue weighted by molar-refractivity contribution is 1.10. The molecule has 2 heterocycles. The Balaban J connectivity index is -0.0000000606. The van der Waals surface area contributed by atoms with Crippen molar-refractivity contribution in [1.82, 2.24) is 9.97 Å². The lowest BCUT2D eigenvalue weighted by atomic mass is 10.2. The van der Waals surface area contributed by atoms with Crippen LogP contribution in [-0.2, 0) is 6.42 Å². The first kappa shape index (κ1) is 41.4. The first-order valence-electron chi connectivity index (χ1n) is 11.8. The van der Waals surface area contributed by atoms with Gasteiger partial charge in [0.2, 0.25) is 0 Å². The van der Waals surface area contributed by atoms with E-state index in [4.69, 9.17) is 0 Å². The highest BCUT2D eigenvalue weighted by Crippen LogP contribution is 1.96. The van der Waals surface area contributed by atoms with Crippen LogP contribution in [0.3, 0.4) is 0 Å². The summed E-state index contributed by atoms with van der Waals surface area (Å²) in [7, 11) is 0. The first-order valence-corrected chi connectivity index (χ1v) is 11.8. The van der Waals surface area contributed by atoms with Gasteiger partial charge >= 0.3 is 0 Å². The molecule has 0 aliphatic rings. The summed E-state index contributed by atoms with van der Waals surface area (Å²) in [4.78, 5) is 7.91. The third kappa shape index (κ3) is 41.5. The molecule has 0 bridgehead atoms. The topological polar surface area (TPSA) is 25.8 Å². The summed E-state index contributed by atoms with van der Waals surface area (Å²) in [6, 6.07) is 7.98. The molecule has 2 rings (SSSR count). The Kier molecular flexibility index (Phi) is 80.3. The van der Waals surface area contributed by atoms with Crippen LogP contribution in [0, 0.1) is 0 Å². The fourth-order valence-corrected chi connectivity index (χ4v) is 1.27. The average Bonchev–Trinajstić information content (AvgIpc) is 2.88. The molecule has 0 unspecified atom stereocenters. The zero-order chi connectivity index (χ0) is 24.3. The summed E-state index contributed by atoms with van der Waals surface area (Å²) in [6.45, 7) is 28.1. The van der Waals surface area contributed by atoms with Gasteiger partial charge in [0, 0.05) is 24.8 Å². The molecule has 0 spiro atoms. The Morgan fingerprint density at radius 1 is 0.655 bits per heavy atom. The van der Waals surface area contributed by atoms with Crippen LogP contribution in [0.15, 0.2) is 55.1 Å². The molecule has 0 aromatic carbocycles. The van der Waals surface area contributed by atoms with Gasteiger partial charge in [-0.05, 0) is 36.6 Å². The van der Waals surface area contributed by atoms with Crippen molar-refractivity contribution < 1.29 is 0 Å². The largest absolute Gasteiger partial charge is 0.264 e. The van der Waals surface area contributed by atoms with Crippen LogP contribution in [0.2, 0.25) is 0 Å². The molecule has 172 valence electrons. The number of rotatable bonds is 2. The van der Waals surface area contributed by atoms with Gasteiger partial charge in [-0.2, -0.15) is 0 Å². The van der Waals surface area contributed by atoms with Gasteiger partial charge in [0.15, 0.2) is 0 Å². The van der Waals surface area contributed by atoms with Crippen LogP contribution in [0.25, 0.3) is 6.08 Å². The van der Waals surface area contributed by atoms with Crippen molar-refractivity contribution in [2.45, 2.75) is 103 Å². The number of nitrogens with zero attached hydrogens (tertiary/aromatic N) is 2. The van der Waals surface area contributed by atoms with Crippen LogP contribution in [0.4, 0.5) is 0 Å². The van der Waals surface area contributed by atoms with Gasteiger partial charge in [0.25, 0.3) is 0 Å². The lowest BCUT2D eigenvalue weighted by Crippen LogP contribution is -1.77. The summed E-state index contributed by atoms with van der Waals surface area (Å²) in [6.07, 6.45) is 12.4. The Labute approximate surface area is 185 Å². The van der Waals surface area contributed by atoms with E-state index >= 15 is 0 Å². The predicted molar refractivity (Wildman–Crippen MR) is 141 cm³/mol. The molecule has 0 N–H and O–H groups in total. The van der Waals surface area contributed by atoms with E-state index < -0.39 is 0 Å². The summed E-state index contributed by atoms with van der Waals surface area (Å²) in [5.41, 5.74) is 2.45. The molecule has 0 fully saturated rings. The molecular weight excluding hydrogens is 352 g/mol. The van der Waals surface area contributed by atoms with Crippen molar-refractivity contribution in [3.63, 3.8) is 0 Å². The van der Waals surface area contributed by atoms with Crippen LogP contribution >= 0.6 is 0 Å². The quantitative estimate of drug-likeness (QED) is 0.495. The van der Waals surface area contributed by atoms with Crippen molar-refractivity contribution in [2.75, 3.05) is 0 Å². The molecule has 2 aromatic rings. The molecule has 0 radical (unpaired) electrons. The van der Waals surface area contributed by atoms with Crippen LogP contribution < -0.4 is 0 Å². The zero-order valence-electron chi connectivity index (χ0n) is 22.4. The number of aryl methyl sites for hydroxylation is 1. The van der Waals surface area contributed by atoms with E-state index in [0.29, 0.717) is 0 Å². The second-order valence-corrected chi connectivity index (χ2v) is 3.50. The molecule has 0 amide bonds. The highest BCUT2D eigenvalue weighted by atomic mass is 14.6. The second kappa shape index (κ2) is 56.2. The Morgan fingerprint density at radius 3 is 1.31 bits per heavy atom. The number of aromatic nitrogens is 2. The monoisotopic (exact) mass is 406 g/mol. The van der Waals surface area contributed by atoms with Crippen molar-refractivity contribution in [3.05, 3.63) is 66.3 Å². The lowest BCUT2D eigenvalue weighted by Gasteiger charge is -1.88. The Bertz CT molecular complexity index is 423. The third-order valence-electron chi connectivity index (χ3n) is 2.17. The van der Waals surface area contributed by atoms with Crippen molar-refractivity contribution in [1.29, 1.82) is 0 Å². The summed E-state index contributed by atoms with van der Waals surface area (Å²) in [5.74, 6) is 0. The average molecular weight is 407 g/mol. The highest BCUT2D eigenvalue weighted by Gasteiger charge is 1.81. The van der Waals surface area contributed by atoms with Crippen LogP contribution in [-0.4, -0.2) is 9.97 Å². The van der Waals surface area contributed by atoms with E-state index in [-0.39, 0.29) is 0 Å². The molecule has 2 aromatic heterocycles. The normalized spacial score (nSPS) is 6.97. The van der Waals surface area contributed by atoms with Crippen molar-refractivity contribution >= 4 is 6.08 Å². The maximum atomic E-state index is 3.96. The van der Waals surface area contributed by atoms with E-state index in [2.05, 4.69) is 23.0 Å². The van der Waals surface area contributed by atoms with E-state index in [0.717, 1.165) is 12.0 Å². The smallest absolute Gasteiger partial charge is 0.0340 e. The highest BCUT2D eigenvalue weighted by molar-refractivity contribution is 5.46. The van der Waals surface area contributed by atoms with Gasteiger partial charge in [-0.25, -0.2) is 0 Å². The molecule has 0 saturated heterocycles. The SMILES string of the molecule is C/C=C/c1cccnc1.CC.CC.CC.CC.CC.CC.CCc1cccnc1. The van der Waals surface area contributed by atoms with E-state index in [1.165, 1.54) is 5.56 Å². The zero-order valence-corrected chi connectivity index (χ0v) is 22.4. The summed E-state index contributed by atoms with van der Waals surface area (Å²) < 4.78 is 0. The maximum absolute atomic E-state index is 3.96. The molecule has 0 aliphatic heterocycles. The van der Waals surface area contributed by atoms with Crippen LogP contribution in [0.1, 0.15) is 108 Å². The molecule has 0 saturated carbocycles. The number of pyridine rings is 2. The minimum absolute atomic E-state index is 1.08.